The lowest BCUT2D eigenvalue weighted by atomic mass is 9.82. The number of piperidine rings is 3. The van der Waals surface area contributed by atoms with Gasteiger partial charge in [-0.25, -0.2) is 4.79 Å². The molecule has 7 rings (SSSR count). The molecule has 4 aromatic carbocycles. The summed E-state index contributed by atoms with van der Waals surface area (Å²) in [6, 6.07) is 32.3. The third-order valence-electron chi connectivity index (χ3n) is 8.81. The number of amides is 1. The van der Waals surface area contributed by atoms with E-state index in [0.717, 1.165) is 42.3 Å². The molecule has 0 aromatic heterocycles. The first-order chi connectivity index (χ1) is 19.5. The molecule has 0 aliphatic carbocycles. The number of esters is 1. The zero-order valence-electron chi connectivity index (χ0n) is 22.5. The van der Waals surface area contributed by atoms with Crippen molar-refractivity contribution < 1.29 is 23.9 Å². The molecular weight excluding hydrogens is 500 g/mol. The fourth-order valence-electron chi connectivity index (χ4n) is 6.56. The van der Waals surface area contributed by atoms with Crippen LogP contribution < -0.4 is 5.32 Å². The van der Waals surface area contributed by atoms with Crippen LogP contribution in [0.1, 0.15) is 29.5 Å². The molecule has 0 saturated carbocycles. The number of rotatable bonds is 8. The van der Waals surface area contributed by atoms with Crippen molar-refractivity contribution in [2.75, 3.05) is 26.2 Å². The molecule has 3 saturated heterocycles. The Morgan fingerprint density at radius 1 is 0.825 bits per heavy atom. The Labute approximate surface area is 234 Å². The first-order valence-corrected chi connectivity index (χ1v) is 14.1. The molecule has 3 aliphatic rings. The van der Waals surface area contributed by atoms with Crippen molar-refractivity contribution in [3.05, 3.63) is 120 Å². The van der Waals surface area contributed by atoms with Gasteiger partial charge in [-0.2, -0.15) is 0 Å². The Balaban J connectivity index is 1.15. The van der Waals surface area contributed by atoms with E-state index < -0.39 is 11.6 Å². The van der Waals surface area contributed by atoms with Gasteiger partial charge in [0, 0.05) is 25.3 Å². The minimum atomic E-state index is -1.91. The molecule has 0 radical (unpaired) electrons. The zero-order chi connectivity index (χ0) is 27.6. The van der Waals surface area contributed by atoms with Crippen LogP contribution in [0.25, 0.3) is 10.8 Å². The van der Waals surface area contributed by atoms with Gasteiger partial charge in [0.15, 0.2) is 12.6 Å². The largest absolute Gasteiger partial charge is 0.453 e. The Morgan fingerprint density at radius 3 is 2.10 bits per heavy atom. The molecule has 40 heavy (non-hydrogen) atoms. The standard InChI is InChI=1S/C34H34N2O4/c37-32(35-22-27-12-9-11-25-10-7-8-17-30(25)27)24-36-20-18-26(19-21-36)31(23-36)40-33(38)34(39,28-13-3-1-4-14-28)29-15-5-2-6-16-29/h1-17,26,31,39H,18-24H2/p+1. The number of ether oxygens (including phenoxy) is 1. The smallest absolute Gasteiger partial charge is 0.348 e. The lowest BCUT2D eigenvalue weighted by molar-refractivity contribution is -0.939. The Hall–Kier alpha value is -4.00. The Kier molecular flexibility index (Phi) is 7.13. The van der Waals surface area contributed by atoms with Gasteiger partial charge in [0.2, 0.25) is 5.60 Å². The van der Waals surface area contributed by atoms with E-state index in [1.54, 1.807) is 24.3 Å². The van der Waals surface area contributed by atoms with Gasteiger partial charge in [-0.3, -0.25) is 4.79 Å². The maximum absolute atomic E-state index is 13.7. The number of quaternary nitrogens is 1. The lowest BCUT2D eigenvalue weighted by Crippen LogP contribution is -2.66. The van der Waals surface area contributed by atoms with Gasteiger partial charge < -0.3 is 19.6 Å². The normalized spacial score (nSPS) is 22.1. The van der Waals surface area contributed by atoms with Crippen molar-refractivity contribution in [3.63, 3.8) is 0 Å². The quantitative estimate of drug-likeness (QED) is 0.257. The molecule has 6 nitrogen and oxygen atoms in total. The molecule has 0 spiro atoms. The maximum atomic E-state index is 13.7. The highest BCUT2D eigenvalue weighted by molar-refractivity contribution is 5.87. The van der Waals surface area contributed by atoms with Crippen LogP contribution in [0, 0.1) is 5.92 Å². The van der Waals surface area contributed by atoms with Gasteiger partial charge in [0.25, 0.3) is 5.91 Å². The van der Waals surface area contributed by atoms with E-state index in [0.29, 0.717) is 35.2 Å². The molecule has 2 bridgehead atoms. The van der Waals surface area contributed by atoms with Crippen molar-refractivity contribution in [1.82, 2.24) is 5.32 Å². The van der Waals surface area contributed by atoms with E-state index in [-0.39, 0.29) is 17.9 Å². The summed E-state index contributed by atoms with van der Waals surface area (Å²) in [6.45, 7) is 3.19. The summed E-state index contributed by atoms with van der Waals surface area (Å²) < 4.78 is 6.75. The number of carbonyl (C=O) groups excluding carboxylic acids is 2. The average molecular weight is 536 g/mol. The summed E-state index contributed by atoms with van der Waals surface area (Å²) in [5.41, 5.74) is 0.139. The van der Waals surface area contributed by atoms with E-state index in [2.05, 4.69) is 29.6 Å². The third kappa shape index (κ3) is 5.01. The molecule has 2 N–H and O–H groups in total. The highest BCUT2D eigenvalue weighted by Gasteiger charge is 2.51. The predicted molar refractivity (Wildman–Crippen MR) is 154 cm³/mol. The second-order valence-corrected chi connectivity index (χ2v) is 11.3. The SMILES string of the molecule is O=C(C[N+]12CCC(CC1)C(OC(=O)C(O)(c1ccccc1)c1ccccc1)C2)NCc1cccc2ccccc12. The number of aliphatic hydroxyl groups is 1. The molecule has 1 unspecified atom stereocenters. The Bertz CT molecular complexity index is 1450. The second kappa shape index (κ2) is 10.9. The fourth-order valence-corrected chi connectivity index (χ4v) is 6.56. The number of carbonyl (C=O) groups is 2. The summed E-state index contributed by atoms with van der Waals surface area (Å²) in [5.74, 6) is -0.427. The van der Waals surface area contributed by atoms with Crippen LogP contribution in [0.15, 0.2) is 103 Å². The lowest BCUT2D eigenvalue weighted by Gasteiger charge is -2.51. The minimum Gasteiger partial charge on any atom is -0.453 e. The summed E-state index contributed by atoms with van der Waals surface area (Å²) in [5, 5.41) is 17.3. The highest BCUT2D eigenvalue weighted by Crippen LogP contribution is 2.38. The number of nitrogens with one attached hydrogen (secondary N) is 1. The molecule has 6 heteroatoms. The van der Waals surface area contributed by atoms with Crippen molar-refractivity contribution in [2.45, 2.75) is 31.1 Å². The van der Waals surface area contributed by atoms with Gasteiger partial charge in [0.1, 0.15) is 6.54 Å². The van der Waals surface area contributed by atoms with E-state index in [1.165, 1.54) is 0 Å². The van der Waals surface area contributed by atoms with Crippen LogP contribution in [0.4, 0.5) is 0 Å². The van der Waals surface area contributed by atoms with E-state index in [9.17, 15) is 14.7 Å². The minimum absolute atomic E-state index is 0.00318. The topological polar surface area (TPSA) is 75.6 Å². The summed E-state index contributed by atoms with van der Waals surface area (Å²) in [7, 11) is 0. The monoisotopic (exact) mass is 535 g/mol. The van der Waals surface area contributed by atoms with Crippen molar-refractivity contribution >= 4 is 22.6 Å². The first-order valence-electron chi connectivity index (χ1n) is 14.1. The van der Waals surface area contributed by atoms with Gasteiger partial charge in [-0.05, 0) is 27.5 Å². The fraction of sp³-hybridized carbons (Fsp3) is 0.294. The molecule has 3 aliphatic heterocycles. The predicted octanol–water partition coefficient (Wildman–Crippen LogP) is 4.54. The Morgan fingerprint density at radius 2 is 1.43 bits per heavy atom. The number of nitrogens with zero attached hydrogens (tertiary/aromatic N) is 1. The van der Waals surface area contributed by atoms with Gasteiger partial charge in [-0.15, -0.1) is 0 Å². The third-order valence-corrected chi connectivity index (χ3v) is 8.81. The van der Waals surface area contributed by atoms with Crippen molar-refractivity contribution in [2.24, 2.45) is 5.92 Å². The molecule has 4 aromatic rings. The van der Waals surface area contributed by atoms with Gasteiger partial charge >= 0.3 is 5.97 Å². The first kappa shape index (κ1) is 26.2. The van der Waals surface area contributed by atoms with Crippen LogP contribution in [0.5, 0.6) is 0 Å². The van der Waals surface area contributed by atoms with Crippen LogP contribution in [0.2, 0.25) is 0 Å². The van der Waals surface area contributed by atoms with Gasteiger partial charge in [-0.1, -0.05) is 103 Å². The van der Waals surface area contributed by atoms with Crippen LogP contribution >= 0.6 is 0 Å². The molecular formula is C34H35N2O4+. The number of benzene rings is 4. The second-order valence-electron chi connectivity index (χ2n) is 11.3. The molecule has 3 fully saturated rings. The van der Waals surface area contributed by atoms with E-state index in [4.69, 9.17) is 4.74 Å². The zero-order valence-corrected chi connectivity index (χ0v) is 22.5. The molecule has 1 atom stereocenters. The maximum Gasteiger partial charge on any atom is 0.348 e. The van der Waals surface area contributed by atoms with Gasteiger partial charge in [0.05, 0.1) is 13.1 Å². The molecule has 1 amide bonds. The summed E-state index contributed by atoms with van der Waals surface area (Å²) in [6.07, 6.45) is 1.44. The number of fused-ring (bicyclic) bond motifs is 4. The molecule has 3 heterocycles. The van der Waals surface area contributed by atoms with Crippen molar-refractivity contribution in [3.8, 4) is 0 Å². The van der Waals surface area contributed by atoms with Crippen molar-refractivity contribution in [1.29, 1.82) is 0 Å². The number of hydrogen-bond acceptors (Lipinski definition) is 4. The average Bonchev–Trinajstić information content (AvgIpc) is 3.00. The van der Waals surface area contributed by atoms with Crippen LogP contribution in [-0.4, -0.2) is 53.7 Å². The van der Waals surface area contributed by atoms with E-state index in [1.807, 2.05) is 54.6 Å². The summed E-state index contributed by atoms with van der Waals surface area (Å²) in [4.78, 5) is 26.9. The number of hydrogen-bond donors (Lipinski definition) is 2. The highest BCUT2D eigenvalue weighted by atomic mass is 16.6. The van der Waals surface area contributed by atoms with E-state index >= 15 is 0 Å². The van der Waals surface area contributed by atoms with Crippen LogP contribution in [-0.2, 0) is 26.5 Å². The molecule has 204 valence electrons. The van der Waals surface area contributed by atoms with Crippen LogP contribution in [0.3, 0.4) is 0 Å². The summed E-state index contributed by atoms with van der Waals surface area (Å²) >= 11 is 0.